The van der Waals surface area contributed by atoms with Gasteiger partial charge in [0.2, 0.25) is 0 Å². The maximum Gasteiger partial charge on any atom is 0.258 e. The highest BCUT2D eigenvalue weighted by atomic mass is 79.9. The van der Waals surface area contributed by atoms with E-state index in [1.807, 2.05) is 46.5 Å². The van der Waals surface area contributed by atoms with Gasteiger partial charge in [0.25, 0.3) is 5.91 Å². The van der Waals surface area contributed by atoms with Crippen molar-refractivity contribution in [1.82, 2.24) is 4.31 Å². The Bertz CT molecular complexity index is 1050. The molecule has 1 saturated heterocycles. The Labute approximate surface area is 200 Å². The van der Waals surface area contributed by atoms with Crippen molar-refractivity contribution >= 4 is 38.5 Å². The lowest BCUT2D eigenvalue weighted by Gasteiger charge is -2.34. The molecule has 2 heterocycles. The fourth-order valence-corrected chi connectivity index (χ4v) is 7.13. The van der Waals surface area contributed by atoms with E-state index in [1.54, 1.807) is 0 Å². The molecule has 1 spiro atoms. The first-order chi connectivity index (χ1) is 15.5. The van der Waals surface area contributed by atoms with Crippen molar-refractivity contribution in [1.29, 1.82) is 0 Å². The van der Waals surface area contributed by atoms with Crippen LogP contribution in [0, 0.1) is 0 Å². The second-order valence-corrected chi connectivity index (χ2v) is 11.6. The molecule has 2 atom stereocenters. The van der Waals surface area contributed by atoms with E-state index in [4.69, 9.17) is 4.74 Å². The first kappa shape index (κ1) is 22.3. The minimum atomic E-state index is -1.30. The van der Waals surface area contributed by atoms with Crippen LogP contribution in [-0.4, -0.2) is 46.8 Å². The van der Waals surface area contributed by atoms with E-state index in [0.29, 0.717) is 30.2 Å². The number of carbonyl (C=O) groups is 1. The number of halogens is 1. The summed E-state index contributed by atoms with van der Waals surface area (Å²) >= 11 is 3.63. The summed E-state index contributed by atoms with van der Waals surface area (Å²) in [6, 6.07) is 13.6. The van der Waals surface area contributed by atoms with Gasteiger partial charge >= 0.3 is 0 Å². The largest absolute Gasteiger partial charge is 0.376 e. The third-order valence-corrected chi connectivity index (χ3v) is 9.01. The van der Waals surface area contributed by atoms with Gasteiger partial charge in [0.1, 0.15) is 11.0 Å². The Morgan fingerprint density at radius 1 is 1.16 bits per heavy atom. The zero-order valence-electron chi connectivity index (χ0n) is 18.4. The molecule has 1 saturated carbocycles. The standard InChI is InChI=1S/C25H29BrN2O3S/c1-18-16-27(12-13-31-18)32(30)21-7-5-6-19(14-21)24(29)28-17-25(10-3-2-4-11-25)22-15-20(26)8-9-23(22)28/h5-9,14-15,18H,2-4,10-13,16-17H2,1H3. The number of morpholine rings is 1. The zero-order valence-corrected chi connectivity index (χ0v) is 20.8. The number of fused-ring (bicyclic) bond motifs is 2. The molecule has 2 fully saturated rings. The summed E-state index contributed by atoms with van der Waals surface area (Å²) in [5, 5.41) is 0. The van der Waals surface area contributed by atoms with Crippen LogP contribution in [0.25, 0.3) is 0 Å². The number of hydrogen-bond donors (Lipinski definition) is 0. The summed E-state index contributed by atoms with van der Waals surface area (Å²) in [5.74, 6) is -0.00906. The number of hydrogen-bond acceptors (Lipinski definition) is 3. The maximum atomic E-state index is 13.7. The van der Waals surface area contributed by atoms with Crippen LogP contribution in [-0.2, 0) is 21.1 Å². The first-order valence-corrected chi connectivity index (χ1v) is 13.4. The zero-order chi connectivity index (χ0) is 22.3. The molecule has 0 aromatic heterocycles. The highest BCUT2D eigenvalue weighted by molar-refractivity contribution is 9.10. The van der Waals surface area contributed by atoms with Gasteiger partial charge in [-0.15, -0.1) is 0 Å². The summed E-state index contributed by atoms with van der Waals surface area (Å²) in [5.41, 5.74) is 2.96. The van der Waals surface area contributed by atoms with Crippen molar-refractivity contribution in [3.63, 3.8) is 0 Å². The van der Waals surface area contributed by atoms with E-state index in [0.717, 1.165) is 29.5 Å². The monoisotopic (exact) mass is 516 g/mol. The second-order valence-electron chi connectivity index (χ2n) is 9.24. The van der Waals surface area contributed by atoms with Crippen LogP contribution < -0.4 is 4.90 Å². The molecule has 0 radical (unpaired) electrons. The smallest absolute Gasteiger partial charge is 0.258 e. The number of nitrogens with zero attached hydrogens (tertiary/aromatic N) is 2. The molecule has 0 N–H and O–H groups in total. The van der Waals surface area contributed by atoms with Gasteiger partial charge in [-0.1, -0.05) is 41.3 Å². The molecule has 2 aromatic carbocycles. The molecule has 5 rings (SSSR count). The summed E-state index contributed by atoms with van der Waals surface area (Å²) in [6.45, 7) is 4.56. The molecule has 1 amide bonds. The number of amides is 1. The Morgan fingerprint density at radius 3 is 2.75 bits per heavy atom. The van der Waals surface area contributed by atoms with Gasteiger partial charge in [-0.05, 0) is 61.7 Å². The lowest BCUT2D eigenvalue weighted by molar-refractivity contribution is 0.0118. The van der Waals surface area contributed by atoms with Gasteiger partial charge in [-0.2, -0.15) is 0 Å². The lowest BCUT2D eigenvalue weighted by atomic mass is 9.71. The van der Waals surface area contributed by atoms with Crippen molar-refractivity contribution in [2.45, 2.75) is 55.4 Å². The molecule has 5 nitrogen and oxygen atoms in total. The quantitative estimate of drug-likeness (QED) is 0.573. The molecule has 0 bridgehead atoms. The lowest BCUT2D eigenvalue weighted by Crippen LogP contribution is -2.42. The Kier molecular flexibility index (Phi) is 6.27. The van der Waals surface area contributed by atoms with E-state index >= 15 is 0 Å². The molecule has 1 aliphatic carbocycles. The average Bonchev–Trinajstić information content (AvgIpc) is 3.11. The summed E-state index contributed by atoms with van der Waals surface area (Å²) < 4.78 is 21.7. The number of benzene rings is 2. The highest BCUT2D eigenvalue weighted by Gasteiger charge is 2.45. The first-order valence-electron chi connectivity index (χ1n) is 11.5. The molecule has 2 unspecified atom stereocenters. The van der Waals surface area contributed by atoms with Crippen LogP contribution in [0.2, 0.25) is 0 Å². The fraction of sp³-hybridized carbons (Fsp3) is 0.480. The fourth-order valence-electron chi connectivity index (χ4n) is 5.46. The van der Waals surface area contributed by atoms with E-state index in [2.05, 4.69) is 28.1 Å². The van der Waals surface area contributed by atoms with Gasteiger partial charge < -0.3 is 9.64 Å². The third-order valence-electron chi connectivity index (χ3n) is 7.06. The van der Waals surface area contributed by atoms with Gasteiger partial charge in [0.05, 0.1) is 17.6 Å². The molecule has 7 heteroatoms. The normalized spacial score (nSPS) is 23.8. The maximum absolute atomic E-state index is 13.7. The topological polar surface area (TPSA) is 49.9 Å². The highest BCUT2D eigenvalue weighted by Crippen LogP contribution is 2.50. The molecule has 2 aliphatic heterocycles. The van der Waals surface area contributed by atoms with Gasteiger partial charge in [0.15, 0.2) is 0 Å². The average molecular weight is 517 g/mol. The van der Waals surface area contributed by atoms with Crippen LogP contribution in [0.5, 0.6) is 0 Å². The summed E-state index contributed by atoms with van der Waals surface area (Å²) in [7, 11) is -1.30. The second kappa shape index (κ2) is 9.01. The van der Waals surface area contributed by atoms with E-state index in [1.165, 1.54) is 24.8 Å². The van der Waals surface area contributed by atoms with Crippen LogP contribution in [0.15, 0.2) is 51.8 Å². The molecule has 32 heavy (non-hydrogen) atoms. The van der Waals surface area contributed by atoms with E-state index in [9.17, 15) is 9.00 Å². The number of anilines is 1. The minimum Gasteiger partial charge on any atom is -0.376 e. The van der Waals surface area contributed by atoms with E-state index < -0.39 is 11.0 Å². The van der Waals surface area contributed by atoms with Crippen LogP contribution in [0.4, 0.5) is 5.69 Å². The van der Waals surface area contributed by atoms with Gasteiger partial charge in [-0.3, -0.25) is 4.79 Å². The predicted molar refractivity (Wildman–Crippen MR) is 130 cm³/mol. The summed E-state index contributed by atoms with van der Waals surface area (Å²) in [6.07, 6.45) is 6.00. The van der Waals surface area contributed by atoms with Crippen LogP contribution >= 0.6 is 15.9 Å². The van der Waals surface area contributed by atoms with Crippen molar-refractivity contribution in [2.75, 3.05) is 31.1 Å². The SMILES string of the molecule is CC1CN(S(=O)c2cccc(C(=O)N3CC4(CCCCC4)c4cc(Br)ccc43)c2)CCO1. The molecular weight excluding hydrogens is 488 g/mol. The number of rotatable bonds is 3. The van der Waals surface area contributed by atoms with Crippen LogP contribution in [0.1, 0.15) is 54.9 Å². The van der Waals surface area contributed by atoms with Gasteiger partial charge in [0, 0.05) is 40.8 Å². The number of carbonyl (C=O) groups excluding carboxylic acids is 1. The van der Waals surface area contributed by atoms with Gasteiger partial charge in [-0.25, -0.2) is 8.51 Å². The van der Waals surface area contributed by atoms with Crippen molar-refractivity contribution in [3.05, 3.63) is 58.1 Å². The Morgan fingerprint density at radius 2 is 1.97 bits per heavy atom. The molecule has 170 valence electrons. The molecule has 2 aromatic rings. The van der Waals surface area contributed by atoms with E-state index in [-0.39, 0.29) is 17.4 Å². The Balaban J connectivity index is 1.44. The van der Waals surface area contributed by atoms with Crippen molar-refractivity contribution in [2.24, 2.45) is 0 Å². The molecule has 3 aliphatic rings. The van der Waals surface area contributed by atoms with Crippen molar-refractivity contribution < 1.29 is 13.7 Å². The Hall–Kier alpha value is -1.54. The van der Waals surface area contributed by atoms with Crippen LogP contribution in [0.3, 0.4) is 0 Å². The number of ether oxygens (including phenoxy) is 1. The third kappa shape index (κ3) is 4.09. The summed E-state index contributed by atoms with van der Waals surface area (Å²) in [4.78, 5) is 16.3. The predicted octanol–water partition coefficient (Wildman–Crippen LogP) is 5.05. The van der Waals surface area contributed by atoms with Crippen molar-refractivity contribution in [3.8, 4) is 0 Å². The molecular formula is C25H29BrN2O3S. The minimum absolute atomic E-state index is 0.00906.